The first-order chi connectivity index (χ1) is 28.9. The summed E-state index contributed by atoms with van der Waals surface area (Å²) in [5.41, 5.74) is 1.97. The average Bonchev–Trinajstić information content (AvgIpc) is 3.23. The number of nitrogens with one attached hydrogen (secondary N) is 3. The Morgan fingerprint density at radius 2 is 1.67 bits per heavy atom. The number of aryl methyl sites for hydroxylation is 1. The van der Waals surface area contributed by atoms with Crippen LogP contribution in [0.1, 0.15) is 56.9 Å². The number of anilines is 3. The molecule has 2 aromatic carbocycles. The Kier molecular flexibility index (Phi) is 11.9. The number of β-amino-alcohol motifs (C(OH)–C–C–N with tert-alkyl or cyclic N) is 1. The average molecular weight is 824 g/mol. The highest BCUT2D eigenvalue weighted by Crippen LogP contribution is 2.32. The fourth-order valence-corrected chi connectivity index (χ4v) is 8.91. The Hall–Kier alpha value is -5.74. The van der Waals surface area contributed by atoms with Crippen LogP contribution in [-0.4, -0.2) is 111 Å². The van der Waals surface area contributed by atoms with Crippen LogP contribution in [0.25, 0.3) is 16.9 Å². The van der Waals surface area contributed by atoms with Gasteiger partial charge in [-0.3, -0.25) is 34.0 Å². The van der Waals surface area contributed by atoms with E-state index in [1.807, 2.05) is 22.8 Å². The number of amides is 3. The van der Waals surface area contributed by atoms with Gasteiger partial charge in [-0.2, -0.15) is 0 Å². The zero-order valence-electron chi connectivity index (χ0n) is 33.7. The number of carbonyl (C=O) groups excluding carboxylic acids is 3. The molecule has 4 aliphatic rings. The second kappa shape index (κ2) is 17.5. The molecular formula is C44H51F2N9O5. The summed E-state index contributed by atoms with van der Waals surface area (Å²) >= 11 is 0. The minimum absolute atomic E-state index is 0.0228. The molecule has 2 aromatic heterocycles. The SMILES string of the molecule is Cc1ccn(-c2cccc(-c3nc(N[C@H]4CC[C@H](C(=O)N5CCC(O)(CN6CCN(c7ccc(NC8CCC(=O)NC8=O)cc7F)CC6)CC5)CC4)ncc3F)c2)c(=O)c1. The number of benzene rings is 2. The molecule has 8 rings (SSSR count). The van der Waals surface area contributed by atoms with Gasteiger partial charge < -0.3 is 25.5 Å². The van der Waals surface area contributed by atoms with Crippen molar-refractivity contribution in [3.8, 4) is 16.9 Å². The van der Waals surface area contributed by atoms with Crippen LogP contribution in [0.4, 0.5) is 26.1 Å². The van der Waals surface area contributed by atoms with Gasteiger partial charge in [0, 0.05) is 93.4 Å². The van der Waals surface area contributed by atoms with Crippen LogP contribution >= 0.6 is 0 Å². The lowest BCUT2D eigenvalue weighted by Gasteiger charge is -2.44. The molecule has 4 aromatic rings. The summed E-state index contributed by atoms with van der Waals surface area (Å²) in [6.45, 7) is 5.82. The summed E-state index contributed by atoms with van der Waals surface area (Å²) in [6.07, 6.45) is 7.27. The maximum absolute atomic E-state index is 15.2. The van der Waals surface area contributed by atoms with Crippen molar-refractivity contribution in [2.24, 2.45) is 5.92 Å². The number of hydrogen-bond donors (Lipinski definition) is 4. The normalized spacial score (nSPS) is 22.3. The van der Waals surface area contributed by atoms with E-state index in [4.69, 9.17) is 0 Å². The molecule has 1 unspecified atom stereocenters. The van der Waals surface area contributed by atoms with Crippen molar-refractivity contribution in [3.63, 3.8) is 0 Å². The molecule has 1 atom stereocenters. The number of halogens is 2. The van der Waals surface area contributed by atoms with Gasteiger partial charge in [-0.25, -0.2) is 18.7 Å². The zero-order chi connectivity index (χ0) is 42.0. The van der Waals surface area contributed by atoms with E-state index in [9.17, 15) is 24.3 Å². The van der Waals surface area contributed by atoms with Crippen molar-refractivity contribution in [2.75, 3.05) is 61.3 Å². The van der Waals surface area contributed by atoms with Gasteiger partial charge in [-0.05, 0) is 93.8 Å². The van der Waals surface area contributed by atoms with Gasteiger partial charge in [-0.1, -0.05) is 12.1 Å². The molecule has 16 heteroatoms. The fourth-order valence-electron chi connectivity index (χ4n) is 8.91. The van der Waals surface area contributed by atoms with Gasteiger partial charge in [0.05, 0.1) is 17.5 Å². The number of piperidine rings is 2. The molecule has 3 saturated heterocycles. The number of piperazine rings is 1. The van der Waals surface area contributed by atoms with Crippen LogP contribution in [0, 0.1) is 24.5 Å². The van der Waals surface area contributed by atoms with Gasteiger partial charge in [0.25, 0.3) is 5.56 Å². The predicted octanol–water partition coefficient (Wildman–Crippen LogP) is 4.24. The second-order valence-corrected chi connectivity index (χ2v) is 16.7. The van der Waals surface area contributed by atoms with Gasteiger partial charge in [0.2, 0.25) is 23.7 Å². The van der Waals surface area contributed by atoms with E-state index in [0.717, 1.165) is 24.6 Å². The van der Waals surface area contributed by atoms with Crippen molar-refractivity contribution >= 4 is 35.0 Å². The molecule has 60 heavy (non-hydrogen) atoms. The Morgan fingerprint density at radius 1 is 0.900 bits per heavy atom. The Labute approximate surface area is 347 Å². The van der Waals surface area contributed by atoms with Gasteiger partial charge in [0.1, 0.15) is 17.6 Å². The van der Waals surface area contributed by atoms with Crippen LogP contribution in [0.2, 0.25) is 0 Å². The summed E-state index contributed by atoms with van der Waals surface area (Å²) in [6, 6.07) is 14.7. The first-order valence-electron chi connectivity index (χ1n) is 20.9. The molecular weight excluding hydrogens is 773 g/mol. The number of carbonyl (C=O) groups is 3. The highest BCUT2D eigenvalue weighted by atomic mass is 19.1. The number of likely N-dealkylation sites (tertiary alicyclic amines) is 1. The maximum atomic E-state index is 15.2. The molecule has 0 bridgehead atoms. The van der Waals surface area contributed by atoms with Crippen LogP contribution in [0.5, 0.6) is 0 Å². The van der Waals surface area contributed by atoms with Crippen molar-refractivity contribution in [2.45, 2.75) is 76.0 Å². The summed E-state index contributed by atoms with van der Waals surface area (Å²) in [5, 5.41) is 20.2. The molecule has 5 heterocycles. The highest BCUT2D eigenvalue weighted by Gasteiger charge is 2.38. The molecule has 14 nitrogen and oxygen atoms in total. The standard InChI is InChI=1S/C44H51F2N9O5/c1-28-13-16-55(39(57)23-28)33-4-2-3-30(24-33)40-35(46)26-47-43(51-40)49-31-7-5-29(6-8-31)42(59)54-17-14-44(60,15-18-54)27-52-19-21-53(22-20-52)37-11-9-32(25-34(37)45)48-36-10-12-38(56)50-41(36)58/h2-4,9,11,13,16,23-26,29,31,36,48,60H,5-8,10,12,14-15,17-22,27H2,1H3,(H,47,49,51)(H,50,56,58)/t29-,31-,36?. The molecule has 3 amide bonds. The molecule has 1 aliphatic carbocycles. The predicted molar refractivity (Wildman–Crippen MR) is 223 cm³/mol. The zero-order valence-corrected chi connectivity index (χ0v) is 33.7. The van der Waals surface area contributed by atoms with Gasteiger partial charge in [-0.15, -0.1) is 0 Å². The Bertz CT molecular complexity index is 2300. The number of nitrogens with zero attached hydrogens (tertiary/aromatic N) is 6. The van der Waals surface area contributed by atoms with E-state index in [0.29, 0.717) is 106 Å². The monoisotopic (exact) mass is 823 g/mol. The summed E-state index contributed by atoms with van der Waals surface area (Å²) < 4.78 is 31.8. The maximum Gasteiger partial charge on any atom is 0.255 e. The lowest BCUT2D eigenvalue weighted by Crippen LogP contribution is -2.56. The third kappa shape index (κ3) is 9.34. The van der Waals surface area contributed by atoms with E-state index < -0.39 is 29.2 Å². The molecule has 316 valence electrons. The topological polar surface area (TPSA) is 165 Å². The number of imide groups is 1. The Balaban J connectivity index is 0.777. The van der Waals surface area contributed by atoms with Crippen molar-refractivity contribution < 1.29 is 28.3 Å². The molecule has 4 fully saturated rings. The lowest BCUT2D eigenvalue weighted by atomic mass is 9.84. The van der Waals surface area contributed by atoms with E-state index in [1.54, 1.807) is 48.7 Å². The van der Waals surface area contributed by atoms with Gasteiger partial charge in [0.15, 0.2) is 5.82 Å². The summed E-state index contributed by atoms with van der Waals surface area (Å²) in [4.78, 5) is 64.5. The minimum Gasteiger partial charge on any atom is -0.388 e. The number of pyridine rings is 1. The van der Waals surface area contributed by atoms with Crippen LogP contribution in [0.3, 0.4) is 0 Å². The molecule has 4 N–H and O–H groups in total. The van der Waals surface area contributed by atoms with E-state index in [2.05, 4.69) is 30.8 Å². The van der Waals surface area contributed by atoms with E-state index in [1.165, 1.54) is 10.6 Å². The molecule has 3 aliphatic heterocycles. The molecule has 1 saturated carbocycles. The smallest absolute Gasteiger partial charge is 0.255 e. The van der Waals surface area contributed by atoms with Crippen LogP contribution < -0.4 is 26.4 Å². The lowest BCUT2D eigenvalue weighted by molar-refractivity contribution is -0.141. The summed E-state index contributed by atoms with van der Waals surface area (Å²) in [5.74, 6) is -1.36. The Morgan fingerprint density at radius 3 is 2.38 bits per heavy atom. The van der Waals surface area contributed by atoms with Crippen LogP contribution in [-0.2, 0) is 14.4 Å². The fraction of sp³-hybridized carbons (Fsp3) is 0.455. The first-order valence-corrected chi connectivity index (χ1v) is 20.9. The van der Waals surface area contributed by atoms with Crippen molar-refractivity contribution in [3.05, 3.63) is 94.5 Å². The first kappa shape index (κ1) is 41.0. The van der Waals surface area contributed by atoms with Gasteiger partial charge >= 0.3 is 0 Å². The quantitative estimate of drug-likeness (QED) is 0.169. The minimum atomic E-state index is -0.914. The summed E-state index contributed by atoms with van der Waals surface area (Å²) in [7, 11) is 0. The third-order valence-corrected chi connectivity index (χ3v) is 12.4. The van der Waals surface area contributed by atoms with E-state index in [-0.39, 0.29) is 41.4 Å². The van der Waals surface area contributed by atoms with E-state index >= 15 is 8.78 Å². The molecule has 0 radical (unpaired) electrons. The third-order valence-electron chi connectivity index (χ3n) is 12.4. The van der Waals surface area contributed by atoms with Crippen LogP contribution in [0.15, 0.2) is 71.8 Å². The number of hydrogen-bond acceptors (Lipinski definition) is 11. The van der Waals surface area contributed by atoms with Crippen molar-refractivity contribution in [1.29, 1.82) is 0 Å². The number of aromatic nitrogens is 3. The number of rotatable bonds is 10. The molecule has 0 spiro atoms. The highest BCUT2D eigenvalue weighted by molar-refractivity contribution is 6.01. The van der Waals surface area contributed by atoms with Crippen molar-refractivity contribution in [1.82, 2.24) is 29.7 Å². The number of aliphatic hydroxyl groups is 1. The largest absolute Gasteiger partial charge is 0.388 e. The second-order valence-electron chi connectivity index (χ2n) is 16.7.